The van der Waals surface area contributed by atoms with E-state index in [1.165, 1.54) is 12.5 Å². The lowest BCUT2D eigenvalue weighted by molar-refractivity contribution is -0.117. The summed E-state index contributed by atoms with van der Waals surface area (Å²) in [5.41, 5.74) is 0. The molecule has 1 aliphatic rings. The molecule has 1 aromatic heterocycles. The summed E-state index contributed by atoms with van der Waals surface area (Å²) in [5, 5.41) is 11.4. The third-order valence-corrected chi connectivity index (χ3v) is 3.18. The molecule has 4 heteroatoms. The number of hydrogen-bond donors (Lipinski definition) is 2. The largest absolute Gasteiger partial charge is 0.461 e. The van der Waals surface area contributed by atoms with E-state index >= 15 is 0 Å². The number of rotatable bonds is 5. The predicted molar refractivity (Wildman–Crippen MR) is 69.0 cm³/mol. The van der Waals surface area contributed by atoms with Gasteiger partial charge in [-0.15, -0.1) is 0 Å². The molecule has 1 aromatic rings. The quantitative estimate of drug-likeness (QED) is 0.784. The van der Waals surface area contributed by atoms with Gasteiger partial charge in [-0.2, -0.15) is 0 Å². The predicted octanol–water partition coefficient (Wildman–Crippen LogP) is 1.91. The van der Waals surface area contributed by atoms with E-state index in [2.05, 4.69) is 12.2 Å². The third-order valence-electron chi connectivity index (χ3n) is 3.18. The molecule has 1 saturated carbocycles. The van der Waals surface area contributed by atoms with Crippen LogP contribution in [0.25, 0.3) is 6.08 Å². The van der Waals surface area contributed by atoms with Gasteiger partial charge in [0.2, 0.25) is 5.91 Å². The Morgan fingerprint density at radius 2 is 2.39 bits per heavy atom. The van der Waals surface area contributed by atoms with Gasteiger partial charge in [-0.3, -0.25) is 4.79 Å². The van der Waals surface area contributed by atoms with Gasteiger partial charge < -0.3 is 14.8 Å². The number of amides is 1. The van der Waals surface area contributed by atoms with E-state index < -0.39 is 0 Å². The van der Waals surface area contributed by atoms with Crippen LogP contribution in [0.15, 0.2) is 22.6 Å². The zero-order chi connectivity index (χ0) is 13.1. The summed E-state index contributed by atoms with van der Waals surface area (Å²) in [6.45, 7) is 3.88. The highest BCUT2D eigenvalue weighted by Crippen LogP contribution is 2.47. The molecule has 1 amide bonds. The summed E-state index contributed by atoms with van der Waals surface area (Å²) < 4.78 is 5.64. The molecule has 2 rings (SSSR count). The first kappa shape index (κ1) is 12.9. The maximum absolute atomic E-state index is 11.4. The van der Waals surface area contributed by atoms with Crippen LogP contribution < -0.4 is 5.32 Å². The molecule has 1 aliphatic carbocycles. The molecule has 18 heavy (non-hydrogen) atoms. The zero-order valence-corrected chi connectivity index (χ0v) is 10.7. The van der Waals surface area contributed by atoms with E-state index in [9.17, 15) is 4.79 Å². The fourth-order valence-electron chi connectivity index (χ4n) is 1.87. The lowest BCUT2D eigenvalue weighted by Gasteiger charge is -2.07. The van der Waals surface area contributed by atoms with Crippen molar-refractivity contribution in [3.8, 4) is 0 Å². The molecule has 0 aliphatic heterocycles. The molecule has 1 heterocycles. The van der Waals surface area contributed by atoms with Crippen molar-refractivity contribution in [2.45, 2.75) is 32.2 Å². The summed E-state index contributed by atoms with van der Waals surface area (Å²) in [5.74, 6) is 2.73. The van der Waals surface area contributed by atoms with Gasteiger partial charge in [0.25, 0.3) is 0 Å². The first-order valence-corrected chi connectivity index (χ1v) is 6.29. The first-order chi connectivity index (χ1) is 8.60. The minimum Gasteiger partial charge on any atom is -0.461 e. The Kier molecular flexibility index (Phi) is 3.87. The highest BCUT2D eigenvalue weighted by molar-refractivity contribution is 5.91. The van der Waals surface area contributed by atoms with E-state index in [1.807, 2.05) is 12.1 Å². The molecule has 0 radical (unpaired) electrons. The summed E-state index contributed by atoms with van der Waals surface area (Å²) >= 11 is 0. The van der Waals surface area contributed by atoms with Crippen LogP contribution in [0.4, 0.5) is 0 Å². The third kappa shape index (κ3) is 3.23. The van der Waals surface area contributed by atoms with Crippen LogP contribution in [0.3, 0.4) is 0 Å². The number of carbonyl (C=O) groups is 1. The molecule has 0 bridgehead atoms. The monoisotopic (exact) mass is 249 g/mol. The average Bonchev–Trinajstić information content (AvgIpc) is 2.90. The molecule has 2 unspecified atom stereocenters. The Bertz CT molecular complexity index is 450. The summed E-state index contributed by atoms with van der Waals surface area (Å²) in [7, 11) is 0. The molecule has 2 N–H and O–H groups in total. The van der Waals surface area contributed by atoms with E-state index in [0.29, 0.717) is 17.6 Å². The fraction of sp³-hybridized carbons (Fsp3) is 0.500. The van der Waals surface area contributed by atoms with Gasteiger partial charge in [0, 0.05) is 18.0 Å². The fourth-order valence-corrected chi connectivity index (χ4v) is 1.87. The van der Waals surface area contributed by atoms with Crippen LogP contribution in [0.1, 0.15) is 37.7 Å². The number of hydrogen-bond acceptors (Lipinski definition) is 3. The number of aliphatic hydroxyl groups excluding tert-OH is 1. The van der Waals surface area contributed by atoms with Crippen LogP contribution in [-0.2, 0) is 4.79 Å². The minimum absolute atomic E-state index is 0.0654. The molecule has 1 fully saturated rings. The SMILES string of the molecule is CC1CC1c1ccc(C=CC(=O)N[C@@H](C)CO)o1. The Labute approximate surface area is 107 Å². The summed E-state index contributed by atoms with van der Waals surface area (Å²) in [6.07, 6.45) is 4.26. The lowest BCUT2D eigenvalue weighted by atomic mass is 10.3. The Morgan fingerprint density at radius 3 is 3.00 bits per heavy atom. The average molecular weight is 249 g/mol. The van der Waals surface area contributed by atoms with Crippen molar-refractivity contribution < 1.29 is 14.3 Å². The Balaban J connectivity index is 1.88. The second-order valence-electron chi connectivity index (χ2n) is 4.99. The van der Waals surface area contributed by atoms with Gasteiger partial charge in [0.05, 0.1) is 6.61 Å². The van der Waals surface area contributed by atoms with Crippen LogP contribution in [-0.4, -0.2) is 23.7 Å². The number of aliphatic hydroxyl groups is 1. The zero-order valence-electron chi connectivity index (χ0n) is 10.7. The second-order valence-corrected chi connectivity index (χ2v) is 4.99. The highest BCUT2D eigenvalue weighted by Gasteiger charge is 2.36. The second kappa shape index (κ2) is 5.40. The van der Waals surface area contributed by atoms with Gasteiger partial charge in [-0.1, -0.05) is 6.92 Å². The summed E-state index contributed by atoms with van der Waals surface area (Å²) in [6, 6.07) is 3.61. The van der Waals surface area contributed by atoms with Crippen LogP contribution in [0.2, 0.25) is 0 Å². The maximum Gasteiger partial charge on any atom is 0.244 e. The lowest BCUT2D eigenvalue weighted by Crippen LogP contribution is -2.33. The van der Waals surface area contributed by atoms with Crippen molar-refractivity contribution >= 4 is 12.0 Å². The van der Waals surface area contributed by atoms with E-state index in [1.54, 1.807) is 13.0 Å². The van der Waals surface area contributed by atoms with Gasteiger partial charge in [0.1, 0.15) is 11.5 Å². The van der Waals surface area contributed by atoms with Crippen molar-refractivity contribution in [3.63, 3.8) is 0 Å². The van der Waals surface area contributed by atoms with Crippen LogP contribution in [0, 0.1) is 5.92 Å². The van der Waals surface area contributed by atoms with E-state index in [4.69, 9.17) is 9.52 Å². The van der Waals surface area contributed by atoms with Crippen molar-refractivity contribution in [2.75, 3.05) is 6.61 Å². The van der Waals surface area contributed by atoms with Gasteiger partial charge in [0.15, 0.2) is 0 Å². The molecule has 0 aromatic carbocycles. The van der Waals surface area contributed by atoms with Crippen LogP contribution in [0.5, 0.6) is 0 Å². The molecule has 0 saturated heterocycles. The topological polar surface area (TPSA) is 62.5 Å². The number of nitrogens with one attached hydrogen (secondary N) is 1. The first-order valence-electron chi connectivity index (χ1n) is 6.29. The van der Waals surface area contributed by atoms with E-state index in [0.717, 1.165) is 5.76 Å². The molecular weight excluding hydrogens is 230 g/mol. The van der Waals surface area contributed by atoms with Crippen molar-refractivity contribution in [1.29, 1.82) is 0 Å². The van der Waals surface area contributed by atoms with Crippen molar-refractivity contribution in [3.05, 3.63) is 29.7 Å². The maximum atomic E-state index is 11.4. The summed E-state index contributed by atoms with van der Waals surface area (Å²) in [4.78, 5) is 11.4. The minimum atomic E-state index is -0.235. The van der Waals surface area contributed by atoms with Gasteiger partial charge in [-0.05, 0) is 37.5 Å². The standard InChI is InChI=1S/C14H19NO3/c1-9-7-12(9)13-5-3-11(18-13)4-6-14(17)15-10(2)8-16/h3-6,9-10,12,16H,7-8H2,1-2H3,(H,15,17)/t9?,10-,12?/m0/s1. The van der Waals surface area contributed by atoms with E-state index in [-0.39, 0.29) is 18.6 Å². The van der Waals surface area contributed by atoms with Crippen molar-refractivity contribution in [1.82, 2.24) is 5.32 Å². The normalized spacial score (nSPS) is 24.2. The Hall–Kier alpha value is -1.55. The molecule has 3 atom stereocenters. The van der Waals surface area contributed by atoms with Crippen molar-refractivity contribution in [2.24, 2.45) is 5.92 Å². The Morgan fingerprint density at radius 1 is 1.67 bits per heavy atom. The number of carbonyl (C=O) groups excluding carboxylic acids is 1. The highest BCUT2D eigenvalue weighted by atomic mass is 16.3. The molecule has 98 valence electrons. The smallest absolute Gasteiger partial charge is 0.244 e. The molecular formula is C14H19NO3. The van der Waals surface area contributed by atoms with Gasteiger partial charge in [-0.25, -0.2) is 0 Å². The van der Waals surface area contributed by atoms with Crippen LogP contribution >= 0.6 is 0 Å². The molecule has 4 nitrogen and oxygen atoms in total. The molecule has 0 spiro atoms. The number of furan rings is 1. The van der Waals surface area contributed by atoms with Gasteiger partial charge >= 0.3 is 0 Å².